The average Bonchev–Trinajstić information content (AvgIpc) is 2.76. The molecule has 1 unspecified atom stereocenters. The van der Waals surface area contributed by atoms with Crippen LogP contribution in [0.25, 0.3) is 0 Å². The highest BCUT2D eigenvalue weighted by Crippen LogP contribution is 2.19. The van der Waals surface area contributed by atoms with E-state index >= 15 is 0 Å². The Hall–Kier alpha value is -3.42. The van der Waals surface area contributed by atoms with Crippen LogP contribution in [-0.2, 0) is 20.9 Å². The number of ether oxygens (including phenoxy) is 1. The molecule has 2 aromatic carbocycles. The van der Waals surface area contributed by atoms with Crippen LogP contribution in [0.15, 0.2) is 48.5 Å². The smallest absolute Gasteiger partial charge is 0.312 e. The lowest BCUT2D eigenvalue weighted by molar-refractivity contribution is -0.159. The zero-order chi connectivity index (χ0) is 22.4. The van der Waals surface area contributed by atoms with E-state index in [0.29, 0.717) is 31.0 Å². The van der Waals surface area contributed by atoms with Crippen LogP contribution in [-0.4, -0.2) is 53.3 Å². The fourth-order valence-electron chi connectivity index (χ4n) is 3.52. The van der Waals surface area contributed by atoms with Gasteiger partial charge < -0.3 is 19.9 Å². The molecule has 1 saturated heterocycles. The summed E-state index contributed by atoms with van der Waals surface area (Å²) in [6, 6.07) is 12.0. The molecule has 1 heterocycles. The van der Waals surface area contributed by atoms with Gasteiger partial charge in [0.1, 0.15) is 17.6 Å². The molecule has 8 heteroatoms. The third-order valence-corrected chi connectivity index (χ3v) is 5.13. The molecule has 1 N–H and O–H groups in total. The largest absolute Gasteiger partial charge is 0.494 e. The molecule has 1 aliphatic rings. The zero-order valence-electron chi connectivity index (χ0n) is 17.6. The first-order valence-corrected chi connectivity index (χ1v) is 10.3. The molecule has 3 amide bonds. The lowest BCUT2D eigenvalue weighted by Gasteiger charge is -2.37. The van der Waals surface area contributed by atoms with Crippen molar-refractivity contribution in [1.82, 2.24) is 9.80 Å². The lowest BCUT2D eigenvalue weighted by atomic mass is 10.1. The van der Waals surface area contributed by atoms with E-state index in [1.54, 1.807) is 43.3 Å². The quantitative estimate of drug-likeness (QED) is 0.657. The van der Waals surface area contributed by atoms with Gasteiger partial charge in [0.2, 0.25) is 5.91 Å². The molecule has 0 aromatic heterocycles. The SMILES string of the molecule is CCOc1ccc(NC(=O)C(CC)N2CCN(Cc3ccc(F)cc3)C(=O)C2=O)cc1. The van der Waals surface area contributed by atoms with Crippen LogP contribution in [0.4, 0.5) is 10.1 Å². The van der Waals surface area contributed by atoms with Crippen molar-refractivity contribution in [3.8, 4) is 5.75 Å². The molecule has 164 valence electrons. The minimum Gasteiger partial charge on any atom is -0.494 e. The molecule has 2 aromatic rings. The Bertz CT molecular complexity index is 931. The average molecular weight is 427 g/mol. The molecule has 1 aliphatic heterocycles. The molecule has 0 spiro atoms. The van der Waals surface area contributed by atoms with Crippen LogP contribution in [0.1, 0.15) is 25.8 Å². The van der Waals surface area contributed by atoms with Crippen LogP contribution >= 0.6 is 0 Å². The Morgan fingerprint density at radius 2 is 1.71 bits per heavy atom. The van der Waals surface area contributed by atoms with E-state index < -0.39 is 17.9 Å². The number of carbonyl (C=O) groups is 3. The van der Waals surface area contributed by atoms with Crippen molar-refractivity contribution in [3.05, 3.63) is 59.9 Å². The molecule has 7 nitrogen and oxygen atoms in total. The maximum atomic E-state index is 13.1. The highest BCUT2D eigenvalue weighted by molar-refractivity contribution is 6.35. The summed E-state index contributed by atoms with van der Waals surface area (Å²) in [6.45, 7) is 5.00. The van der Waals surface area contributed by atoms with Gasteiger partial charge in [0, 0.05) is 25.3 Å². The van der Waals surface area contributed by atoms with Gasteiger partial charge in [-0.05, 0) is 55.3 Å². The van der Waals surface area contributed by atoms with Gasteiger partial charge in [-0.25, -0.2) is 4.39 Å². The van der Waals surface area contributed by atoms with Gasteiger partial charge in [0.25, 0.3) is 0 Å². The number of carbonyl (C=O) groups excluding carboxylic acids is 3. The highest BCUT2D eigenvalue weighted by atomic mass is 19.1. The van der Waals surface area contributed by atoms with E-state index in [4.69, 9.17) is 4.74 Å². The van der Waals surface area contributed by atoms with Gasteiger partial charge in [-0.1, -0.05) is 19.1 Å². The summed E-state index contributed by atoms with van der Waals surface area (Å²) in [6.07, 6.45) is 0.375. The minimum atomic E-state index is -0.754. The van der Waals surface area contributed by atoms with Gasteiger partial charge in [0.15, 0.2) is 0 Å². The Labute approximate surface area is 180 Å². The predicted octanol–water partition coefficient (Wildman–Crippen LogP) is 2.81. The van der Waals surface area contributed by atoms with Gasteiger partial charge in [-0.3, -0.25) is 14.4 Å². The fourth-order valence-corrected chi connectivity index (χ4v) is 3.52. The number of amides is 3. The second-order valence-corrected chi connectivity index (χ2v) is 7.22. The lowest BCUT2D eigenvalue weighted by Crippen LogP contribution is -2.59. The standard InChI is InChI=1S/C23H26FN3O4/c1-3-20(21(28)25-18-9-11-19(12-10-18)31-4-2)27-14-13-26(22(29)23(27)30)15-16-5-7-17(24)8-6-16/h5-12,20H,3-4,13-15H2,1-2H3,(H,25,28). The predicted molar refractivity (Wildman–Crippen MR) is 114 cm³/mol. The van der Waals surface area contributed by atoms with Crippen molar-refractivity contribution < 1.29 is 23.5 Å². The van der Waals surface area contributed by atoms with E-state index in [2.05, 4.69) is 5.32 Å². The number of hydrogen-bond acceptors (Lipinski definition) is 4. The summed E-state index contributed by atoms with van der Waals surface area (Å²) in [5.41, 5.74) is 1.32. The van der Waals surface area contributed by atoms with E-state index in [0.717, 1.165) is 5.56 Å². The molecule has 1 atom stereocenters. The fraction of sp³-hybridized carbons (Fsp3) is 0.348. The Morgan fingerprint density at radius 3 is 2.32 bits per heavy atom. The van der Waals surface area contributed by atoms with Crippen molar-refractivity contribution in [1.29, 1.82) is 0 Å². The van der Waals surface area contributed by atoms with Crippen LogP contribution in [0, 0.1) is 5.82 Å². The van der Waals surface area contributed by atoms with Gasteiger partial charge >= 0.3 is 11.8 Å². The maximum absolute atomic E-state index is 13.1. The molecular weight excluding hydrogens is 401 g/mol. The highest BCUT2D eigenvalue weighted by Gasteiger charge is 2.38. The van der Waals surface area contributed by atoms with Crippen LogP contribution < -0.4 is 10.1 Å². The first-order chi connectivity index (χ1) is 14.9. The van der Waals surface area contributed by atoms with E-state index in [1.807, 2.05) is 6.92 Å². The number of nitrogens with zero attached hydrogens (tertiary/aromatic N) is 2. The maximum Gasteiger partial charge on any atom is 0.312 e. The number of rotatable bonds is 8. The molecular formula is C23H26FN3O4. The Balaban J connectivity index is 1.63. The van der Waals surface area contributed by atoms with Crippen molar-refractivity contribution in [2.75, 3.05) is 25.0 Å². The Kier molecular flexibility index (Phi) is 7.23. The van der Waals surface area contributed by atoms with Gasteiger partial charge in [0.05, 0.1) is 6.61 Å². The summed E-state index contributed by atoms with van der Waals surface area (Å²) in [4.78, 5) is 40.9. The zero-order valence-corrected chi connectivity index (χ0v) is 17.6. The summed E-state index contributed by atoms with van der Waals surface area (Å²) in [5, 5.41) is 2.80. The number of benzene rings is 2. The first-order valence-electron chi connectivity index (χ1n) is 10.3. The van der Waals surface area contributed by atoms with Gasteiger partial charge in [-0.15, -0.1) is 0 Å². The molecule has 0 aliphatic carbocycles. The van der Waals surface area contributed by atoms with Crippen LogP contribution in [0.5, 0.6) is 5.75 Å². The molecule has 0 radical (unpaired) electrons. The number of anilines is 1. The number of halogens is 1. The summed E-state index contributed by atoms with van der Waals surface area (Å²) < 4.78 is 18.5. The molecule has 0 saturated carbocycles. The monoisotopic (exact) mass is 427 g/mol. The second-order valence-electron chi connectivity index (χ2n) is 7.22. The third kappa shape index (κ3) is 5.39. The number of piperazine rings is 1. The number of nitrogens with one attached hydrogen (secondary N) is 1. The third-order valence-electron chi connectivity index (χ3n) is 5.13. The summed E-state index contributed by atoms with van der Waals surface area (Å²) in [7, 11) is 0. The van der Waals surface area contributed by atoms with Crippen LogP contribution in [0.2, 0.25) is 0 Å². The minimum absolute atomic E-state index is 0.216. The van der Waals surface area contributed by atoms with Crippen molar-refractivity contribution in [2.45, 2.75) is 32.9 Å². The van der Waals surface area contributed by atoms with E-state index in [9.17, 15) is 18.8 Å². The van der Waals surface area contributed by atoms with E-state index in [1.165, 1.54) is 21.9 Å². The molecule has 31 heavy (non-hydrogen) atoms. The molecule has 3 rings (SSSR count). The second kappa shape index (κ2) is 10.1. The molecule has 1 fully saturated rings. The van der Waals surface area contributed by atoms with Gasteiger partial charge in [-0.2, -0.15) is 0 Å². The summed E-state index contributed by atoms with van der Waals surface area (Å²) >= 11 is 0. The first kappa shape index (κ1) is 22.3. The van der Waals surface area contributed by atoms with E-state index in [-0.39, 0.29) is 24.8 Å². The summed E-state index contributed by atoms with van der Waals surface area (Å²) in [5.74, 6) is -1.38. The van der Waals surface area contributed by atoms with Crippen molar-refractivity contribution >= 4 is 23.4 Å². The normalized spacial score (nSPS) is 15.1. The number of hydrogen-bond donors (Lipinski definition) is 1. The Morgan fingerprint density at radius 1 is 1.03 bits per heavy atom. The van der Waals surface area contributed by atoms with Crippen LogP contribution in [0.3, 0.4) is 0 Å². The van der Waals surface area contributed by atoms with Crippen molar-refractivity contribution in [2.24, 2.45) is 0 Å². The topological polar surface area (TPSA) is 79.0 Å². The molecule has 0 bridgehead atoms. The van der Waals surface area contributed by atoms with Crippen molar-refractivity contribution in [3.63, 3.8) is 0 Å².